The molecule has 0 saturated heterocycles. The topological polar surface area (TPSA) is 58.6 Å². The van der Waals surface area contributed by atoms with Crippen LogP contribution in [0.25, 0.3) is 0 Å². The fraction of sp³-hybridized carbons (Fsp3) is 0.462. The Morgan fingerprint density at radius 3 is 2.67 bits per heavy atom. The van der Waals surface area contributed by atoms with Crippen molar-refractivity contribution in [1.82, 2.24) is 5.32 Å². The number of carbonyl (C=O) groups excluding carboxylic acids is 1. The minimum absolute atomic E-state index is 0.0241. The molecule has 1 aliphatic rings. The Bertz CT molecular complexity index is 401. The minimum atomic E-state index is -0.241. The maximum atomic E-state index is 11.5. The van der Waals surface area contributed by atoms with Crippen molar-refractivity contribution in [2.24, 2.45) is 0 Å². The van der Waals surface area contributed by atoms with E-state index in [-0.39, 0.29) is 18.1 Å². The van der Waals surface area contributed by atoms with Gasteiger partial charge in [0, 0.05) is 10.5 Å². The molecule has 0 heterocycles. The second-order valence-electron chi connectivity index (χ2n) is 4.44. The molecule has 1 fully saturated rings. The van der Waals surface area contributed by atoms with Gasteiger partial charge >= 0.3 is 0 Å². The Balaban J connectivity index is 1.62. The van der Waals surface area contributed by atoms with E-state index in [0.29, 0.717) is 25.9 Å². The molecule has 0 aromatic heterocycles. The molecule has 18 heavy (non-hydrogen) atoms. The Hall–Kier alpha value is -1.07. The van der Waals surface area contributed by atoms with Crippen molar-refractivity contribution < 1.29 is 14.6 Å². The van der Waals surface area contributed by atoms with E-state index >= 15 is 0 Å². The Morgan fingerprint density at radius 1 is 1.39 bits per heavy atom. The second-order valence-corrected chi connectivity index (χ2v) is 5.36. The summed E-state index contributed by atoms with van der Waals surface area (Å²) in [6, 6.07) is 7.63. The smallest absolute Gasteiger partial charge is 0.223 e. The fourth-order valence-electron chi connectivity index (χ4n) is 1.80. The van der Waals surface area contributed by atoms with Gasteiger partial charge in [-0.05, 0) is 37.1 Å². The zero-order valence-electron chi connectivity index (χ0n) is 9.93. The second kappa shape index (κ2) is 6.20. The first-order valence-electron chi connectivity index (χ1n) is 5.99. The molecule has 2 N–H and O–H groups in total. The van der Waals surface area contributed by atoms with Crippen LogP contribution < -0.4 is 10.1 Å². The highest BCUT2D eigenvalue weighted by Gasteiger charge is 2.28. The first kappa shape index (κ1) is 13.4. The van der Waals surface area contributed by atoms with Crippen molar-refractivity contribution in [1.29, 1.82) is 0 Å². The lowest BCUT2D eigenvalue weighted by molar-refractivity contribution is -0.123. The Kier molecular flexibility index (Phi) is 4.60. The highest BCUT2D eigenvalue weighted by Crippen LogP contribution is 2.19. The molecule has 98 valence electrons. The van der Waals surface area contributed by atoms with Gasteiger partial charge in [0.25, 0.3) is 0 Å². The molecule has 0 spiro atoms. The van der Waals surface area contributed by atoms with E-state index in [1.165, 1.54) is 0 Å². The molecule has 1 amide bonds. The predicted octanol–water partition coefficient (Wildman–Crippen LogP) is 1.86. The van der Waals surface area contributed by atoms with Gasteiger partial charge in [0.05, 0.1) is 19.1 Å². The molecule has 5 heteroatoms. The third-order valence-electron chi connectivity index (χ3n) is 2.89. The van der Waals surface area contributed by atoms with Crippen LogP contribution in [-0.4, -0.2) is 29.8 Å². The largest absolute Gasteiger partial charge is 0.493 e. The highest BCUT2D eigenvalue weighted by molar-refractivity contribution is 9.10. The SMILES string of the molecule is O=C(CCOc1ccc(Br)cc1)NC1CC(O)C1. The summed E-state index contributed by atoms with van der Waals surface area (Å²) < 4.78 is 6.45. The summed E-state index contributed by atoms with van der Waals surface area (Å²) in [5, 5.41) is 12.0. The van der Waals surface area contributed by atoms with Crippen LogP contribution in [0.4, 0.5) is 0 Å². The van der Waals surface area contributed by atoms with Crippen molar-refractivity contribution in [3.63, 3.8) is 0 Å². The van der Waals surface area contributed by atoms with Gasteiger partial charge in [-0.15, -0.1) is 0 Å². The van der Waals surface area contributed by atoms with Gasteiger partial charge in [-0.25, -0.2) is 0 Å². The normalized spacial score (nSPS) is 22.1. The van der Waals surface area contributed by atoms with Gasteiger partial charge in [-0.2, -0.15) is 0 Å². The van der Waals surface area contributed by atoms with E-state index in [1.54, 1.807) is 0 Å². The maximum absolute atomic E-state index is 11.5. The number of aliphatic hydroxyl groups is 1. The molecule has 1 aromatic carbocycles. The number of ether oxygens (including phenoxy) is 1. The van der Waals surface area contributed by atoms with Crippen molar-refractivity contribution in [3.05, 3.63) is 28.7 Å². The molecule has 1 aliphatic carbocycles. The van der Waals surface area contributed by atoms with Gasteiger partial charge in [-0.3, -0.25) is 4.79 Å². The van der Waals surface area contributed by atoms with Gasteiger partial charge in [0.1, 0.15) is 5.75 Å². The van der Waals surface area contributed by atoms with Crippen LogP contribution in [-0.2, 0) is 4.79 Å². The van der Waals surface area contributed by atoms with Gasteiger partial charge in [0.2, 0.25) is 5.91 Å². The number of rotatable bonds is 5. The van der Waals surface area contributed by atoms with E-state index in [9.17, 15) is 4.79 Å². The quantitative estimate of drug-likeness (QED) is 0.872. The third-order valence-corrected chi connectivity index (χ3v) is 3.42. The molecule has 0 atom stereocenters. The van der Waals surface area contributed by atoms with Crippen LogP contribution in [0.5, 0.6) is 5.75 Å². The van der Waals surface area contributed by atoms with Gasteiger partial charge < -0.3 is 15.2 Å². The number of aliphatic hydroxyl groups excluding tert-OH is 1. The molecule has 1 saturated carbocycles. The summed E-state index contributed by atoms with van der Waals surface area (Å²) >= 11 is 3.34. The van der Waals surface area contributed by atoms with Gasteiger partial charge in [-0.1, -0.05) is 15.9 Å². The van der Waals surface area contributed by atoms with E-state index in [4.69, 9.17) is 9.84 Å². The molecule has 4 nitrogen and oxygen atoms in total. The van der Waals surface area contributed by atoms with Crippen LogP contribution in [0.3, 0.4) is 0 Å². The van der Waals surface area contributed by atoms with Crippen molar-refractivity contribution in [2.75, 3.05) is 6.61 Å². The number of halogens is 1. The lowest BCUT2D eigenvalue weighted by atomic mass is 9.89. The number of amides is 1. The van der Waals surface area contributed by atoms with Crippen LogP contribution in [0.1, 0.15) is 19.3 Å². The van der Waals surface area contributed by atoms with Crippen LogP contribution in [0.15, 0.2) is 28.7 Å². The fourth-order valence-corrected chi connectivity index (χ4v) is 2.06. The standard InChI is InChI=1S/C13H16BrNO3/c14-9-1-3-12(4-2-9)18-6-5-13(17)15-10-7-11(16)8-10/h1-4,10-11,16H,5-8H2,(H,15,17). The summed E-state index contributed by atoms with van der Waals surface area (Å²) in [5.74, 6) is 0.731. The van der Waals surface area contributed by atoms with Crippen LogP contribution >= 0.6 is 15.9 Å². The van der Waals surface area contributed by atoms with Gasteiger partial charge in [0.15, 0.2) is 0 Å². The molecular formula is C13H16BrNO3. The minimum Gasteiger partial charge on any atom is -0.493 e. The molecule has 1 aromatic rings. The molecule has 0 unspecified atom stereocenters. The first-order valence-corrected chi connectivity index (χ1v) is 6.78. The predicted molar refractivity (Wildman–Crippen MR) is 71.4 cm³/mol. The van der Waals surface area contributed by atoms with E-state index in [0.717, 1.165) is 10.2 Å². The zero-order chi connectivity index (χ0) is 13.0. The Morgan fingerprint density at radius 2 is 2.06 bits per heavy atom. The molecular weight excluding hydrogens is 298 g/mol. The van der Waals surface area contributed by atoms with E-state index in [2.05, 4.69) is 21.2 Å². The lowest BCUT2D eigenvalue weighted by Gasteiger charge is -2.31. The molecule has 2 rings (SSSR count). The highest BCUT2D eigenvalue weighted by atomic mass is 79.9. The summed E-state index contributed by atoms with van der Waals surface area (Å²) in [6.07, 6.45) is 1.43. The Labute approximate surface area is 114 Å². The van der Waals surface area contributed by atoms with E-state index < -0.39 is 0 Å². The third kappa shape index (κ3) is 3.99. The van der Waals surface area contributed by atoms with Crippen molar-refractivity contribution in [2.45, 2.75) is 31.4 Å². The number of nitrogens with one attached hydrogen (secondary N) is 1. The van der Waals surface area contributed by atoms with Crippen LogP contribution in [0, 0.1) is 0 Å². The molecule has 0 aliphatic heterocycles. The average molecular weight is 314 g/mol. The molecule has 0 radical (unpaired) electrons. The number of benzene rings is 1. The van der Waals surface area contributed by atoms with E-state index in [1.807, 2.05) is 24.3 Å². The summed E-state index contributed by atoms with van der Waals surface area (Å²) in [4.78, 5) is 11.5. The number of hydrogen-bond acceptors (Lipinski definition) is 3. The summed E-state index contributed by atoms with van der Waals surface area (Å²) in [5.41, 5.74) is 0. The average Bonchev–Trinajstić information content (AvgIpc) is 2.30. The number of carbonyl (C=O) groups is 1. The number of hydrogen-bond donors (Lipinski definition) is 2. The van der Waals surface area contributed by atoms with Crippen LogP contribution in [0.2, 0.25) is 0 Å². The van der Waals surface area contributed by atoms with Crippen molar-refractivity contribution >= 4 is 21.8 Å². The molecule has 0 bridgehead atoms. The maximum Gasteiger partial charge on any atom is 0.223 e. The van der Waals surface area contributed by atoms with Crippen molar-refractivity contribution in [3.8, 4) is 5.75 Å². The zero-order valence-corrected chi connectivity index (χ0v) is 11.5. The monoisotopic (exact) mass is 313 g/mol. The summed E-state index contributed by atoms with van der Waals surface area (Å²) in [6.45, 7) is 0.364. The first-order chi connectivity index (χ1) is 8.63. The summed E-state index contributed by atoms with van der Waals surface area (Å²) in [7, 11) is 0. The lowest BCUT2D eigenvalue weighted by Crippen LogP contribution is -2.46.